The highest BCUT2D eigenvalue weighted by molar-refractivity contribution is 6.30. The summed E-state index contributed by atoms with van der Waals surface area (Å²) in [5, 5.41) is 3.18. The predicted octanol–water partition coefficient (Wildman–Crippen LogP) is 0.829. The molecule has 1 aromatic carbocycles. The van der Waals surface area contributed by atoms with Gasteiger partial charge in [-0.3, -0.25) is 9.59 Å². The molecule has 1 fully saturated rings. The number of nitrogens with two attached hydrogens (primary N) is 1. The molecule has 5 heteroatoms. The summed E-state index contributed by atoms with van der Waals surface area (Å²) in [5.41, 5.74) is 5.27. The first kappa shape index (κ1) is 11.9. The standard InChI is InChI=1S/C12H13ClN2O2/c1-15-11(17)12(6-9(12)10(14)16)7-2-4-8(13)5-3-7/h2-5,9H,6H2,1H3,(H2,14,16)(H,15,17). The van der Waals surface area contributed by atoms with E-state index in [-0.39, 0.29) is 5.91 Å². The number of hydrogen-bond acceptors (Lipinski definition) is 2. The fraction of sp³-hybridized carbons (Fsp3) is 0.333. The zero-order valence-electron chi connectivity index (χ0n) is 9.37. The molecule has 4 nitrogen and oxygen atoms in total. The molecule has 1 saturated carbocycles. The highest BCUT2D eigenvalue weighted by Crippen LogP contribution is 2.54. The molecule has 0 heterocycles. The maximum Gasteiger partial charge on any atom is 0.231 e. The van der Waals surface area contributed by atoms with Crippen molar-refractivity contribution in [3.05, 3.63) is 34.9 Å². The van der Waals surface area contributed by atoms with Crippen LogP contribution in [-0.2, 0) is 15.0 Å². The highest BCUT2D eigenvalue weighted by Gasteiger charge is 2.63. The molecule has 2 unspecified atom stereocenters. The second-order valence-electron chi connectivity index (χ2n) is 4.22. The van der Waals surface area contributed by atoms with Crippen molar-refractivity contribution < 1.29 is 9.59 Å². The molecule has 1 aliphatic rings. The van der Waals surface area contributed by atoms with Gasteiger partial charge in [-0.25, -0.2) is 0 Å². The van der Waals surface area contributed by atoms with Gasteiger partial charge in [-0.15, -0.1) is 0 Å². The van der Waals surface area contributed by atoms with E-state index in [2.05, 4.69) is 5.32 Å². The summed E-state index contributed by atoms with van der Waals surface area (Å²) in [6.07, 6.45) is 0.462. The molecule has 2 amide bonds. The fourth-order valence-corrected chi connectivity index (χ4v) is 2.40. The van der Waals surface area contributed by atoms with E-state index in [1.165, 1.54) is 0 Å². The Morgan fingerprint density at radius 1 is 1.41 bits per heavy atom. The Balaban J connectivity index is 2.40. The normalized spacial score (nSPS) is 26.4. The van der Waals surface area contributed by atoms with Gasteiger partial charge in [0.1, 0.15) is 0 Å². The summed E-state index contributed by atoms with van der Waals surface area (Å²) in [6, 6.07) is 6.94. The molecule has 0 bridgehead atoms. The Kier molecular flexibility index (Phi) is 2.83. The molecule has 0 aliphatic heterocycles. The molecule has 1 aromatic rings. The van der Waals surface area contributed by atoms with Gasteiger partial charge in [-0.05, 0) is 24.1 Å². The lowest BCUT2D eigenvalue weighted by Gasteiger charge is -2.15. The van der Waals surface area contributed by atoms with Crippen LogP contribution in [-0.4, -0.2) is 18.9 Å². The summed E-state index contributed by atoms with van der Waals surface area (Å²) >= 11 is 5.80. The molecular formula is C12H13ClN2O2. The minimum absolute atomic E-state index is 0.177. The molecule has 90 valence electrons. The van der Waals surface area contributed by atoms with E-state index < -0.39 is 17.2 Å². The smallest absolute Gasteiger partial charge is 0.231 e. The number of rotatable bonds is 3. The monoisotopic (exact) mass is 252 g/mol. The molecule has 2 rings (SSSR count). The minimum atomic E-state index is -0.800. The molecule has 0 aromatic heterocycles. The van der Waals surface area contributed by atoms with Crippen LogP contribution in [0, 0.1) is 5.92 Å². The SMILES string of the molecule is CNC(=O)C1(c2ccc(Cl)cc2)CC1C(N)=O. The van der Waals surface area contributed by atoms with Crippen LogP contribution in [0.5, 0.6) is 0 Å². The minimum Gasteiger partial charge on any atom is -0.369 e. The van der Waals surface area contributed by atoms with Gasteiger partial charge in [0.15, 0.2) is 0 Å². The lowest BCUT2D eigenvalue weighted by molar-refractivity contribution is -0.126. The number of likely N-dealkylation sites (N-methyl/N-ethyl adjacent to an activating group) is 1. The average Bonchev–Trinajstić information content (AvgIpc) is 3.06. The first-order valence-electron chi connectivity index (χ1n) is 5.30. The second kappa shape index (κ2) is 4.04. The molecule has 1 aliphatic carbocycles. The van der Waals surface area contributed by atoms with Gasteiger partial charge in [-0.2, -0.15) is 0 Å². The van der Waals surface area contributed by atoms with Gasteiger partial charge in [0, 0.05) is 12.1 Å². The zero-order chi connectivity index (χ0) is 12.6. The third-order valence-corrected chi connectivity index (χ3v) is 3.55. The van der Waals surface area contributed by atoms with Crippen molar-refractivity contribution >= 4 is 23.4 Å². The van der Waals surface area contributed by atoms with E-state index in [1.54, 1.807) is 31.3 Å². The van der Waals surface area contributed by atoms with Crippen LogP contribution in [0.3, 0.4) is 0 Å². The van der Waals surface area contributed by atoms with Crippen LogP contribution in [0.2, 0.25) is 5.02 Å². The molecule has 0 radical (unpaired) electrons. The van der Waals surface area contributed by atoms with Crippen molar-refractivity contribution in [1.82, 2.24) is 5.32 Å². The van der Waals surface area contributed by atoms with Crippen LogP contribution in [0.1, 0.15) is 12.0 Å². The number of primary amides is 1. The van der Waals surface area contributed by atoms with Gasteiger partial charge >= 0.3 is 0 Å². The lowest BCUT2D eigenvalue weighted by atomic mass is 9.92. The van der Waals surface area contributed by atoms with E-state index in [0.717, 1.165) is 5.56 Å². The van der Waals surface area contributed by atoms with E-state index in [9.17, 15) is 9.59 Å². The summed E-state index contributed by atoms with van der Waals surface area (Å²) in [6.45, 7) is 0. The number of carbonyl (C=O) groups is 2. The molecule has 17 heavy (non-hydrogen) atoms. The van der Waals surface area contributed by atoms with Gasteiger partial charge in [0.05, 0.1) is 11.3 Å². The van der Waals surface area contributed by atoms with Gasteiger partial charge in [0.2, 0.25) is 11.8 Å². The average molecular weight is 253 g/mol. The number of benzene rings is 1. The quantitative estimate of drug-likeness (QED) is 0.836. The van der Waals surface area contributed by atoms with Crippen LogP contribution in [0.4, 0.5) is 0 Å². The Hall–Kier alpha value is -1.55. The van der Waals surface area contributed by atoms with Gasteiger partial charge in [0.25, 0.3) is 0 Å². The lowest BCUT2D eigenvalue weighted by Crippen LogP contribution is -2.36. The Morgan fingerprint density at radius 2 is 2.00 bits per heavy atom. The first-order valence-corrected chi connectivity index (χ1v) is 5.67. The van der Waals surface area contributed by atoms with Gasteiger partial charge in [-0.1, -0.05) is 23.7 Å². The van der Waals surface area contributed by atoms with E-state index in [4.69, 9.17) is 17.3 Å². The van der Waals surface area contributed by atoms with Crippen LogP contribution < -0.4 is 11.1 Å². The van der Waals surface area contributed by atoms with Crippen LogP contribution in [0.25, 0.3) is 0 Å². The Morgan fingerprint density at radius 3 is 2.41 bits per heavy atom. The van der Waals surface area contributed by atoms with Crippen molar-refractivity contribution in [1.29, 1.82) is 0 Å². The Labute approximate surface area is 104 Å². The molecule has 0 spiro atoms. The third-order valence-electron chi connectivity index (χ3n) is 3.30. The third kappa shape index (κ3) is 1.78. The number of amides is 2. The predicted molar refractivity (Wildman–Crippen MR) is 64.5 cm³/mol. The number of halogens is 1. The maximum atomic E-state index is 11.9. The fourth-order valence-electron chi connectivity index (χ4n) is 2.28. The van der Waals surface area contributed by atoms with E-state index in [0.29, 0.717) is 11.4 Å². The first-order chi connectivity index (χ1) is 8.02. The molecule has 0 saturated heterocycles. The summed E-state index contributed by atoms with van der Waals surface area (Å²) in [7, 11) is 1.55. The number of nitrogens with one attached hydrogen (secondary N) is 1. The van der Waals surface area contributed by atoms with E-state index >= 15 is 0 Å². The van der Waals surface area contributed by atoms with Crippen molar-refractivity contribution in [2.75, 3.05) is 7.05 Å². The van der Waals surface area contributed by atoms with Crippen LogP contribution >= 0.6 is 11.6 Å². The van der Waals surface area contributed by atoms with Crippen LogP contribution in [0.15, 0.2) is 24.3 Å². The highest BCUT2D eigenvalue weighted by atomic mass is 35.5. The molecule has 2 atom stereocenters. The zero-order valence-corrected chi connectivity index (χ0v) is 10.1. The maximum absolute atomic E-state index is 11.9. The van der Waals surface area contributed by atoms with Crippen molar-refractivity contribution in [3.8, 4) is 0 Å². The van der Waals surface area contributed by atoms with Crippen molar-refractivity contribution in [2.24, 2.45) is 11.7 Å². The van der Waals surface area contributed by atoms with Crippen molar-refractivity contribution in [2.45, 2.75) is 11.8 Å². The summed E-state index contributed by atoms with van der Waals surface area (Å²) in [4.78, 5) is 23.2. The van der Waals surface area contributed by atoms with Crippen molar-refractivity contribution in [3.63, 3.8) is 0 Å². The topological polar surface area (TPSA) is 72.2 Å². The molecular weight excluding hydrogens is 240 g/mol. The summed E-state index contributed by atoms with van der Waals surface area (Å²) in [5.74, 6) is -1.05. The largest absolute Gasteiger partial charge is 0.369 e. The summed E-state index contributed by atoms with van der Waals surface area (Å²) < 4.78 is 0. The van der Waals surface area contributed by atoms with Gasteiger partial charge < -0.3 is 11.1 Å². The number of hydrogen-bond donors (Lipinski definition) is 2. The Bertz CT molecular complexity index is 472. The van der Waals surface area contributed by atoms with E-state index in [1.807, 2.05) is 0 Å². The number of carbonyl (C=O) groups excluding carboxylic acids is 2. The second-order valence-corrected chi connectivity index (χ2v) is 4.65. The molecule has 3 N–H and O–H groups in total.